The lowest BCUT2D eigenvalue weighted by atomic mass is 10.5. The summed E-state index contributed by atoms with van der Waals surface area (Å²) in [6.07, 6.45) is 1.48. The van der Waals surface area contributed by atoms with E-state index < -0.39 is 12.3 Å². The van der Waals surface area contributed by atoms with Crippen molar-refractivity contribution in [3.63, 3.8) is 0 Å². The zero-order chi connectivity index (χ0) is 6.85. The molecule has 0 radical (unpaired) electrons. The molecule has 1 heterocycles. The quantitative estimate of drug-likeness (QED) is 0.263. The molecule has 1 atom stereocenters. The van der Waals surface area contributed by atoms with Gasteiger partial charge in [-0.2, -0.15) is 0 Å². The summed E-state index contributed by atoms with van der Waals surface area (Å²) < 4.78 is 0. The third-order valence-electron chi connectivity index (χ3n) is 0.989. The number of hydrogen-bond acceptors (Lipinski definition) is 4. The highest BCUT2D eigenvalue weighted by molar-refractivity contribution is 5.87. The maximum absolute atomic E-state index is 10.5. The summed E-state index contributed by atoms with van der Waals surface area (Å²) in [4.78, 5) is 10.5. The first kappa shape index (κ1) is 6.06. The highest BCUT2D eigenvalue weighted by Gasteiger charge is 2.17. The number of aliphatic hydroxyl groups excluding tert-OH is 1. The molecule has 0 aromatic rings. The molecule has 0 spiro atoms. The Morgan fingerprint density at radius 1 is 1.89 bits per heavy atom. The van der Waals surface area contributed by atoms with Gasteiger partial charge in [-0.05, 0) is 0 Å². The zero-order valence-corrected chi connectivity index (χ0v) is 4.61. The van der Waals surface area contributed by atoms with E-state index in [-0.39, 0.29) is 0 Å². The molecule has 0 saturated carbocycles. The fourth-order valence-electron chi connectivity index (χ4n) is 0.492. The van der Waals surface area contributed by atoms with E-state index in [1.807, 2.05) is 0 Å². The first-order valence-electron chi connectivity index (χ1n) is 2.40. The highest BCUT2D eigenvalue weighted by atomic mass is 16.3. The molecule has 0 aromatic heterocycles. The van der Waals surface area contributed by atoms with Crippen molar-refractivity contribution in [3.8, 4) is 0 Å². The molecule has 0 bridgehead atoms. The van der Waals surface area contributed by atoms with Gasteiger partial charge in [0.15, 0.2) is 0 Å². The molecule has 0 saturated heterocycles. The molecule has 1 rings (SSSR count). The molecule has 0 aliphatic carbocycles. The molecule has 9 heavy (non-hydrogen) atoms. The molecule has 1 amide bonds. The summed E-state index contributed by atoms with van der Waals surface area (Å²) in [5, 5.41) is 11.9. The minimum absolute atomic E-state index is 0.416. The van der Waals surface area contributed by atoms with Crippen LogP contribution in [0.25, 0.3) is 0 Å². The number of hydrazine groups is 1. The van der Waals surface area contributed by atoms with Crippen molar-refractivity contribution < 1.29 is 9.90 Å². The molecule has 5 nitrogen and oxygen atoms in total. The summed E-state index contributed by atoms with van der Waals surface area (Å²) >= 11 is 0. The number of carbonyl (C=O) groups excluding carboxylic acids is 1. The molecule has 5 heteroatoms. The van der Waals surface area contributed by atoms with Crippen LogP contribution in [0.15, 0.2) is 12.3 Å². The van der Waals surface area contributed by atoms with Crippen LogP contribution in [0.4, 0.5) is 0 Å². The summed E-state index contributed by atoms with van der Waals surface area (Å²) in [7, 11) is 0. The number of nitrogens with one attached hydrogen (secondary N) is 1. The van der Waals surface area contributed by atoms with Crippen LogP contribution < -0.4 is 11.2 Å². The first-order valence-corrected chi connectivity index (χ1v) is 2.40. The highest BCUT2D eigenvalue weighted by Crippen LogP contribution is 1.92. The number of rotatable bonds is 0. The predicted octanol–water partition coefficient (Wildman–Crippen LogP) is -1.92. The fourth-order valence-corrected chi connectivity index (χ4v) is 0.492. The monoisotopic (exact) mass is 129 g/mol. The van der Waals surface area contributed by atoms with Crippen LogP contribution in [0.5, 0.6) is 0 Å². The fraction of sp³-hybridized carbons (Fsp3) is 0.250. The summed E-state index contributed by atoms with van der Waals surface area (Å²) in [6, 6.07) is 0. The Morgan fingerprint density at radius 3 is 3.00 bits per heavy atom. The van der Waals surface area contributed by atoms with Gasteiger partial charge in [0.05, 0.1) is 0 Å². The van der Waals surface area contributed by atoms with Gasteiger partial charge in [0, 0.05) is 12.3 Å². The second-order valence-corrected chi connectivity index (χ2v) is 1.62. The second kappa shape index (κ2) is 2.04. The predicted molar refractivity (Wildman–Crippen MR) is 29.3 cm³/mol. The lowest BCUT2D eigenvalue weighted by molar-refractivity contribution is -0.139. The van der Waals surface area contributed by atoms with E-state index in [9.17, 15) is 4.79 Å². The van der Waals surface area contributed by atoms with Crippen LogP contribution in [0.2, 0.25) is 0 Å². The Labute approximate surface area is 51.7 Å². The summed E-state index contributed by atoms with van der Waals surface area (Å²) in [5.41, 5.74) is 0. The molecule has 1 aliphatic rings. The van der Waals surface area contributed by atoms with Gasteiger partial charge in [-0.1, -0.05) is 0 Å². The van der Waals surface area contributed by atoms with Gasteiger partial charge in [-0.3, -0.25) is 4.79 Å². The van der Waals surface area contributed by atoms with Crippen molar-refractivity contribution >= 4 is 5.91 Å². The minimum atomic E-state index is -1.09. The number of hydrogen-bond donors (Lipinski definition) is 3. The van der Waals surface area contributed by atoms with Crippen molar-refractivity contribution in [1.82, 2.24) is 10.3 Å². The van der Waals surface area contributed by atoms with Gasteiger partial charge in [-0.25, -0.2) is 10.9 Å². The van der Waals surface area contributed by atoms with Gasteiger partial charge in [0.1, 0.15) is 0 Å². The molecule has 0 fully saturated rings. The Morgan fingerprint density at radius 2 is 2.56 bits per heavy atom. The molecule has 0 aromatic carbocycles. The van der Waals surface area contributed by atoms with Crippen LogP contribution in [-0.2, 0) is 4.79 Å². The van der Waals surface area contributed by atoms with Gasteiger partial charge >= 0.3 is 0 Å². The zero-order valence-electron chi connectivity index (χ0n) is 4.61. The molecule has 1 aliphatic heterocycles. The normalized spacial score (nSPS) is 26.2. The second-order valence-electron chi connectivity index (χ2n) is 1.62. The number of nitrogens with zero attached hydrogens (tertiary/aromatic N) is 1. The number of aliphatic hydroxyl groups is 1. The minimum Gasteiger partial charge on any atom is -0.355 e. The standard InChI is InChI=1S/C4H7N3O2/c5-7-3(8)1-2-6-4(7)9/h1-2,4,6,9H,5H2. The number of amides is 1. The Bertz CT molecular complexity index is 156. The Balaban J connectivity index is 2.69. The van der Waals surface area contributed by atoms with E-state index in [1.54, 1.807) is 0 Å². The average molecular weight is 129 g/mol. The third kappa shape index (κ3) is 1.01. The van der Waals surface area contributed by atoms with Crippen LogP contribution in [0, 0.1) is 0 Å². The molecule has 4 N–H and O–H groups in total. The van der Waals surface area contributed by atoms with Crippen molar-refractivity contribution in [3.05, 3.63) is 12.3 Å². The Kier molecular flexibility index (Phi) is 1.37. The van der Waals surface area contributed by atoms with Crippen LogP contribution in [0.3, 0.4) is 0 Å². The van der Waals surface area contributed by atoms with Crippen LogP contribution in [0.1, 0.15) is 0 Å². The number of carbonyl (C=O) groups is 1. The van der Waals surface area contributed by atoms with Crippen molar-refractivity contribution in [1.29, 1.82) is 0 Å². The Hall–Kier alpha value is -1.07. The molecule has 1 unspecified atom stereocenters. The van der Waals surface area contributed by atoms with E-state index in [0.717, 1.165) is 0 Å². The van der Waals surface area contributed by atoms with Gasteiger partial charge in [0.2, 0.25) is 6.35 Å². The average Bonchev–Trinajstić information content (AvgIpc) is 1.83. The van der Waals surface area contributed by atoms with Crippen molar-refractivity contribution in [2.24, 2.45) is 5.84 Å². The van der Waals surface area contributed by atoms with Gasteiger partial charge in [0.25, 0.3) is 5.91 Å². The van der Waals surface area contributed by atoms with Crippen LogP contribution >= 0.6 is 0 Å². The van der Waals surface area contributed by atoms with Crippen molar-refractivity contribution in [2.45, 2.75) is 6.35 Å². The van der Waals surface area contributed by atoms with Gasteiger partial charge < -0.3 is 10.4 Å². The van der Waals surface area contributed by atoms with E-state index >= 15 is 0 Å². The van der Waals surface area contributed by atoms with Gasteiger partial charge in [-0.15, -0.1) is 0 Å². The molecular formula is C4H7N3O2. The lowest BCUT2D eigenvalue weighted by Crippen LogP contribution is -2.53. The third-order valence-corrected chi connectivity index (χ3v) is 0.989. The summed E-state index contributed by atoms with van der Waals surface area (Å²) in [5.74, 6) is 4.63. The van der Waals surface area contributed by atoms with E-state index in [4.69, 9.17) is 10.9 Å². The maximum atomic E-state index is 10.5. The lowest BCUT2D eigenvalue weighted by Gasteiger charge is -2.24. The SMILES string of the molecule is NN1C(=O)C=CNC1O. The summed E-state index contributed by atoms with van der Waals surface area (Å²) in [6.45, 7) is 0. The van der Waals surface area contributed by atoms with Crippen molar-refractivity contribution in [2.75, 3.05) is 0 Å². The van der Waals surface area contributed by atoms with E-state index in [1.165, 1.54) is 12.3 Å². The number of nitrogens with two attached hydrogens (primary N) is 1. The molecular weight excluding hydrogens is 122 g/mol. The maximum Gasteiger partial charge on any atom is 0.265 e. The first-order chi connectivity index (χ1) is 4.22. The van der Waals surface area contributed by atoms with E-state index in [0.29, 0.717) is 5.01 Å². The largest absolute Gasteiger partial charge is 0.355 e. The smallest absolute Gasteiger partial charge is 0.265 e. The van der Waals surface area contributed by atoms with E-state index in [2.05, 4.69) is 5.32 Å². The topological polar surface area (TPSA) is 78.6 Å². The molecule has 50 valence electrons. The van der Waals surface area contributed by atoms with Crippen LogP contribution in [-0.4, -0.2) is 22.4 Å².